The summed E-state index contributed by atoms with van der Waals surface area (Å²) in [6.45, 7) is 4.23. The zero-order chi connectivity index (χ0) is 11.0. The Bertz CT molecular complexity index is 398. The van der Waals surface area contributed by atoms with Crippen LogP contribution in [0.25, 0.3) is 0 Å². The SMILES string of the molecule is CCc1ccc2c(c1)C(=O)C(Br)C(C)C2. The molecule has 2 atom stereocenters. The van der Waals surface area contributed by atoms with Gasteiger partial charge in [0, 0.05) is 5.56 Å². The highest BCUT2D eigenvalue weighted by atomic mass is 79.9. The predicted molar refractivity (Wildman–Crippen MR) is 65.7 cm³/mol. The van der Waals surface area contributed by atoms with Crippen molar-refractivity contribution in [3.63, 3.8) is 0 Å². The van der Waals surface area contributed by atoms with E-state index in [4.69, 9.17) is 0 Å². The molecule has 1 aromatic carbocycles. The molecule has 15 heavy (non-hydrogen) atoms. The average Bonchev–Trinajstić information content (AvgIpc) is 2.26. The van der Waals surface area contributed by atoms with E-state index in [1.54, 1.807) is 0 Å². The molecule has 0 saturated carbocycles. The largest absolute Gasteiger partial charge is 0.293 e. The number of Topliss-reactive ketones (excluding diaryl/α,β-unsaturated/α-hetero) is 1. The van der Waals surface area contributed by atoms with Gasteiger partial charge in [-0.2, -0.15) is 0 Å². The number of halogens is 1. The number of hydrogen-bond donors (Lipinski definition) is 0. The Morgan fingerprint density at radius 1 is 1.47 bits per heavy atom. The zero-order valence-electron chi connectivity index (χ0n) is 9.09. The Morgan fingerprint density at radius 2 is 2.20 bits per heavy atom. The minimum atomic E-state index is -0.00268. The Labute approximate surface area is 99.0 Å². The minimum absolute atomic E-state index is 0.00268. The third-order valence-electron chi connectivity index (χ3n) is 3.14. The summed E-state index contributed by atoms with van der Waals surface area (Å²) in [6.07, 6.45) is 1.99. The summed E-state index contributed by atoms with van der Waals surface area (Å²) < 4.78 is 0. The van der Waals surface area contributed by atoms with Gasteiger partial charge in [-0.05, 0) is 36.0 Å². The van der Waals surface area contributed by atoms with Crippen molar-refractivity contribution in [2.45, 2.75) is 31.5 Å². The van der Waals surface area contributed by atoms with Crippen LogP contribution in [0, 0.1) is 5.92 Å². The quantitative estimate of drug-likeness (QED) is 0.713. The van der Waals surface area contributed by atoms with Gasteiger partial charge in [0.05, 0.1) is 4.83 Å². The second kappa shape index (κ2) is 4.09. The first-order valence-electron chi connectivity index (χ1n) is 5.43. The molecule has 1 aliphatic rings. The average molecular weight is 267 g/mol. The molecule has 0 bridgehead atoms. The molecular weight excluding hydrogens is 252 g/mol. The van der Waals surface area contributed by atoms with E-state index in [1.165, 1.54) is 11.1 Å². The van der Waals surface area contributed by atoms with Gasteiger partial charge >= 0.3 is 0 Å². The van der Waals surface area contributed by atoms with E-state index in [1.807, 2.05) is 0 Å². The molecule has 0 N–H and O–H groups in total. The van der Waals surface area contributed by atoms with Gasteiger partial charge in [-0.1, -0.05) is 41.9 Å². The number of hydrogen-bond acceptors (Lipinski definition) is 1. The minimum Gasteiger partial charge on any atom is -0.293 e. The molecule has 1 aliphatic carbocycles. The highest BCUT2D eigenvalue weighted by Gasteiger charge is 2.30. The fourth-order valence-corrected chi connectivity index (χ4v) is 2.54. The van der Waals surface area contributed by atoms with Crippen LogP contribution in [0.3, 0.4) is 0 Å². The molecule has 1 nitrogen and oxygen atoms in total. The van der Waals surface area contributed by atoms with Crippen molar-refractivity contribution < 1.29 is 4.79 Å². The van der Waals surface area contributed by atoms with Crippen LogP contribution in [-0.2, 0) is 12.8 Å². The molecule has 0 spiro atoms. The van der Waals surface area contributed by atoms with Crippen LogP contribution in [0.4, 0.5) is 0 Å². The number of fused-ring (bicyclic) bond motifs is 1. The monoisotopic (exact) mass is 266 g/mol. The smallest absolute Gasteiger partial charge is 0.177 e. The fraction of sp³-hybridized carbons (Fsp3) is 0.462. The number of benzene rings is 1. The molecule has 0 heterocycles. The highest BCUT2D eigenvalue weighted by Crippen LogP contribution is 2.30. The maximum absolute atomic E-state index is 12.0. The number of alkyl halides is 1. The third kappa shape index (κ3) is 1.87. The zero-order valence-corrected chi connectivity index (χ0v) is 10.7. The Morgan fingerprint density at radius 3 is 2.87 bits per heavy atom. The second-order valence-corrected chi connectivity index (χ2v) is 5.28. The summed E-state index contributed by atoms with van der Waals surface area (Å²) in [6, 6.07) is 6.30. The van der Waals surface area contributed by atoms with Gasteiger partial charge in [0.2, 0.25) is 0 Å². The van der Waals surface area contributed by atoms with Crippen LogP contribution in [0.5, 0.6) is 0 Å². The lowest BCUT2D eigenvalue weighted by molar-refractivity contribution is 0.0964. The number of rotatable bonds is 1. The summed E-state index contributed by atoms with van der Waals surface area (Å²) in [4.78, 5) is 12.0. The van der Waals surface area contributed by atoms with E-state index >= 15 is 0 Å². The molecule has 2 heteroatoms. The molecule has 1 aromatic rings. The summed E-state index contributed by atoms with van der Waals surface area (Å²) in [5, 5.41) is 0. The van der Waals surface area contributed by atoms with E-state index < -0.39 is 0 Å². The third-order valence-corrected chi connectivity index (χ3v) is 4.46. The van der Waals surface area contributed by atoms with Crippen molar-refractivity contribution in [2.24, 2.45) is 5.92 Å². The maximum atomic E-state index is 12.0. The van der Waals surface area contributed by atoms with E-state index in [0.29, 0.717) is 5.92 Å². The molecular formula is C13H15BrO. The number of carbonyl (C=O) groups is 1. The van der Waals surface area contributed by atoms with Crippen molar-refractivity contribution in [3.05, 3.63) is 34.9 Å². The van der Waals surface area contributed by atoms with Crippen molar-refractivity contribution in [1.29, 1.82) is 0 Å². The van der Waals surface area contributed by atoms with Gasteiger partial charge in [-0.3, -0.25) is 4.79 Å². The van der Waals surface area contributed by atoms with Gasteiger partial charge in [-0.15, -0.1) is 0 Å². The van der Waals surface area contributed by atoms with Gasteiger partial charge < -0.3 is 0 Å². The Balaban J connectivity index is 2.47. The first-order chi connectivity index (χ1) is 7.13. The maximum Gasteiger partial charge on any atom is 0.177 e. The van der Waals surface area contributed by atoms with Crippen molar-refractivity contribution in [3.8, 4) is 0 Å². The molecule has 2 rings (SSSR count). The summed E-state index contributed by atoms with van der Waals surface area (Å²) in [5.74, 6) is 0.650. The van der Waals surface area contributed by atoms with Gasteiger partial charge in [0.25, 0.3) is 0 Å². The lowest BCUT2D eigenvalue weighted by Crippen LogP contribution is -2.30. The number of aryl methyl sites for hydroxylation is 1. The van der Waals surface area contributed by atoms with E-state index in [2.05, 4.69) is 48.0 Å². The van der Waals surface area contributed by atoms with Crippen LogP contribution in [0.15, 0.2) is 18.2 Å². The van der Waals surface area contributed by atoms with Gasteiger partial charge in [0.15, 0.2) is 5.78 Å². The highest BCUT2D eigenvalue weighted by molar-refractivity contribution is 9.10. The summed E-state index contributed by atoms with van der Waals surface area (Å²) >= 11 is 3.49. The lowest BCUT2D eigenvalue weighted by atomic mass is 9.83. The fourth-order valence-electron chi connectivity index (χ4n) is 2.11. The first-order valence-corrected chi connectivity index (χ1v) is 6.35. The van der Waals surface area contributed by atoms with Crippen LogP contribution in [0.2, 0.25) is 0 Å². The first kappa shape index (κ1) is 10.9. The summed E-state index contributed by atoms with van der Waals surface area (Å²) in [7, 11) is 0. The molecule has 0 radical (unpaired) electrons. The topological polar surface area (TPSA) is 17.1 Å². The van der Waals surface area contributed by atoms with Crippen LogP contribution in [-0.4, -0.2) is 10.6 Å². The lowest BCUT2D eigenvalue weighted by Gasteiger charge is -2.25. The normalized spacial score (nSPS) is 25.1. The number of carbonyl (C=O) groups excluding carboxylic acids is 1. The molecule has 2 unspecified atom stereocenters. The second-order valence-electron chi connectivity index (χ2n) is 4.29. The van der Waals surface area contributed by atoms with Crippen molar-refractivity contribution in [1.82, 2.24) is 0 Å². The molecule has 80 valence electrons. The predicted octanol–water partition coefficient (Wildman–Crippen LogP) is 3.39. The van der Waals surface area contributed by atoms with Crippen LogP contribution < -0.4 is 0 Å². The van der Waals surface area contributed by atoms with Crippen molar-refractivity contribution >= 4 is 21.7 Å². The Hall–Kier alpha value is -0.630. The van der Waals surface area contributed by atoms with E-state index in [9.17, 15) is 4.79 Å². The molecule has 0 aliphatic heterocycles. The molecule has 0 saturated heterocycles. The van der Waals surface area contributed by atoms with E-state index in [0.717, 1.165) is 18.4 Å². The molecule has 0 amide bonds. The molecule has 0 aromatic heterocycles. The van der Waals surface area contributed by atoms with E-state index in [-0.39, 0.29) is 10.6 Å². The van der Waals surface area contributed by atoms with Crippen LogP contribution in [0.1, 0.15) is 35.3 Å². The van der Waals surface area contributed by atoms with Gasteiger partial charge in [-0.25, -0.2) is 0 Å². The molecule has 0 fully saturated rings. The van der Waals surface area contributed by atoms with Gasteiger partial charge in [0.1, 0.15) is 0 Å². The van der Waals surface area contributed by atoms with Crippen LogP contribution >= 0.6 is 15.9 Å². The standard InChI is InChI=1S/C13H15BrO/c1-3-9-4-5-10-6-8(2)12(14)13(15)11(10)7-9/h4-5,7-8,12H,3,6H2,1-2H3. The van der Waals surface area contributed by atoms with Crippen molar-refractivity contribution in [2.75, 3.05) is 0 Å². The summed E-state index contributed by atoms with van der Waals surface area (Å²) in [5.41, 5.74) is 3.38. The Kier molecular flexibility index (Phi) is 2.96. The number of ketones is 1.